The number of hydrogen-bond acceptors (Lipinski definition) is 6. The van der Waals surface area contributed by atoms with Crippen LogP contribution in [0.25, 0.3) is 11.0 Å². The monoisotopic (exact) mass is 416 g/mol. The van der Waals surface area contributed by atoms with Gasteiger partial charge in [-0.2, -0.15) is 0 Å². The van der Waals surface area contributed by atoms with Crippen LogP contribution in [0.4, 0.5) is 4.79 Å². The Balaban J connectivity index is 1.47. The van der Waals surface area contributed by atoms with Crippen molar-refractivity contribution in [1.82, 2.24) is 20.7 Å². The zero-order valence-electron chi connectivity index (χ0n) is 16.4. The molecule has 2 aromatic carbocycles. The van der Waals surface area contributed by atoms with Crippen molar-refractivity contribution in [1.29, 1.82) is 0 Å². The van der Waals surface area contributed by atoms with Gasteiger partial charge in [0.05, 0.1) is 19.9 Å². The lowest BCUT2D eigenvalue weighted by molar-refractivity contribution is -0.122. The SMILES string of the molecule is COc1ccc2c(c1)C(=O)N(C[C@@]1(C#Cc3ccc4cnoc4c3)NC(=O)NC1=O)C2. The third-order valence-electron chi connectivity index (χ3n) is 5.34. The first-order valence-corrected chi connectivity index (χ1v) is 9.45. The van der Waals surface area contributed by atoms with Crippen molar-refractivity contribution in [3.63, 3.8) is 0 Å². The lowest BCUT2D eigenvalue weighted by Gasteiger charge is -2.26. The van der Waals surface area contributed by atoms with Gasteiger partial charge in [0, 0.05) is 23.1 Å². The Morgan fingerprint density at radius 1 is 1.23 bits per heavy atom. The van der Waals surface area contributed by atoms with E-state index in [1.54, 1.807) is 36.5 Å². The smallest absolute Gasteiger partial charge is 0.323 e. The van der Waals surface area contributed by atoms with Gasteiger partial charge in [-0.3, -0.25) is 14.9 Å². The van der Waals surface area contributed by atoms with E-state index in [1.807, 2.05) is 6.07 Å². The van der Waals surface area contributed by atoms with Crippen LogP contribution in [0.3, 0.4) is 0 Å². The topological polar surface area (TPSA) is 114 Å². The highest BCUT2D eigenvalue weighted by atomic mass is 16.5. The third kappa shape index (κ3) is 3.14. The number of carbonyl (C=O) groups is 3. The maximum Gasteiger partial charge on any atom is 0.323 e. The number of aromatic nitrogens is 1. The molecule has 0 unspecified atom stereocenters. The fourth-order valence-electron chi connectivity index (χ4n) is 3.73. The number of hydrogen-bond donors (Lipinski definition) is 2. The average Bonchev–Trinajstić information content (AvgIpc) is 3.43. The second kappa shape index (κ2) is 6.88. The Morgan fingerprint density at radius 2 is 2.10 bits per heavy atom. The minimum absolute atomic E-state index is 0.0993. The van der Waals surface area contributed by atoms with E-state index >= 15 is 0 Å². The minimum Gasteiger partial charge on any atom is -0.497 e. The number of amides is 4. The Morgan fingerprint density at radius 3 is 2.87 bits per heavy atom. The largest absolute Gasteiger partial charge is 0.497 e. The van der Waals surface area contributed by atoms with E-state index in [0.29, 0.717) is 29.0 Å². The van der Waals surface area contributed by atoms with Crippen LogP contribution in [0.15, 0.2) is 47.1 Å². The summed E-state index contributed by atoms with van der Waals surface area (Å²) in [6.07, 6.45) is 1.59. The Kier molecular flexibility index (Phi) is 4.15. The average molecular weight is 416 g/mol. The third-order valence-corrected chi connectivity index (χ3v) is 5.34. The molecule has 9 heteroatoms. The molecule has 31 heavy (non-hydrogen) atoms. The van der Waals surface area contributed by atoms with Gasteiger partial charge in [0.25, 0.3) is 11.8 Å². The van der Waals surface area contributed by atoms with Crippen molar-refractivity contribution < 1.29 is 23.6 Å². The van der Waals surface area contributed by atoms with Crippen molar-refractivity contribution in [2.45, 2.75) is 12.1 Å². The normalized spacial score (nSPS) is 19.6. The van der Waals surface area contributed by atoms with Gasteiger partial charge in [-0.05, 0) is 35.9 Å². The van der Waals surface area contributed by atoms with Crippen LogP contribution in [-0.4, -0.2) is 47.1 Å². The van der Waals surface area contributed by atoms with E-state index in [0.717, 1.165) is 10.9 Å². The van der Waals surface area contributed by atoms with E-state index in [1.165, 1.54) is 12.0 Å². The standard InChI is InChI=1S/C22H16N4O5/c1-30-16-5-4-15-11-26(19(27)17(15)9-16)12-22(20(28)24-21(29)25-22)7-6-13-2-3-14-10-23-31-18(14)8-13/h2-5,8-10H,11-12H2,1H3,(H2,24,25,28,29)/t22-/m1/s1. The number of rotatable bonds is 3. The minimum atomic E-state index is -1.57. The van der Waals surface area contributed by atoms with E-state index < -0.39 is 17.5 Å². The van der Waals surface area contributed by atoms with Crippen LogP contribution in [0.5, 0.6) is 5.75 Å². The quantitative estimate of drug-likeness (QED) is 0.493. The number of fused-ring (bicyclic) bond motifs is 2. The highest BCUT2D eigenvalue weighted by Gasteiger charge is 2.48. The predicted octanol–water partition coefficient (Wildman–Crippen LogP) is 1.42. The van der Waals surface area contributed by atoms with Crippen LogP contribution < -0.4 is 15.4 Å². The predicted molar refractivity (Wildman–Crippen MR) is 108 cm³/mol. The van der Waals surface area contributed by atoms with Gasteiger partial charge in [-0.25, -0.2) is 4.79 Å². The summed E-state index contributed by atoms with van der Waals surface area (Å²) in [4.78, 5) is 39.0. The van der Waals surface area contributed by atoms with Crippen molar-refractivity contribution in [3.05, 3.63) is 59.3 Å². The van der Waals surface area contributed by atoms with Crippen molar-refractivity contribution >= 4 is 28.8 Å². The highest BCUT2D eigenvalue weighted by Crippen LogP contribution is 2.28. The molecule has 0 spiro atoms. The summed E-state index contributed by atoms with van der Waals surface area (Å²) in [7, 11) is 1.53. The molecule has 0 radical (unpaired) electrons. The number of nitrogens with zero attached hydrogens (tertiary/aromatic N) is 2. The fraction of sp³-hybridized carbons (Fsp3) is 0.182. The molecular weight excluding hydrogens is 400 g/mol. The summed E-state index contributed by atoms with van der Waals surface area (Å²) in [5, 5.41) is 9.36. The second-order valence-corrected chi connectivity index (χ2v) is 7.33. The zero-order valence-corrected chi connectivity index (χ0v) is 16.4. The van der Waals surface area contributed by atoms with Crippen LogP contribution in [0, 0.1) is 11.8 Å². The van der Waals surface area contributed by atoms with Crippen LogP contribution in [-0.2, 0) is 11.3 Å². The molecule has 1 aromatic heterocycles. The summed E-state index contributed by atoms with van der Waals surface area (Å²) in [6, 6.07) is 9.84. The molecule has 9 nitrogen and oxygen atoms in total. The van der Waals surface area contributed by atoms with Gasteiger partial charge in [-0.15, -0.1) is 0 Å². The zero-order chi connectivity index (χ0) is 21.6. The molecule has 2 aliphatic heterocycles. The number of urea groups is 1. The first-order chi connectivity index (χ1) is 15.0. The molecule has 1 fully saturated rings. The van der Waals surface area contributed by atoms with E-state index in [-0.39, 0.29) is 12.5 Å². The molecule has 3 heterocycles. The lowest BCUT2D eigenvalue weighted by atomic mass is 9.99. The first kappa shape index (κ1) is 18.7. The fourth-order valence-corrected chi connectivity index (χ4v) is 3.73. The van der Waals surface area contributed by atoms with E-state index in [2.05, 4.69) is 27.6 Å². The van der Waals surface area contributed by atoms with Crippen LogP contribution in [0.1, 0.15) is 21.5 Å². The summed E-state index contributed by atoms with van der Waals surface area (Å²) in [5.74, 6) is 5.49. The van der Waals surface area contributed by atoms with Crippen LogP contribution >= 0.6 is 0 Å². The maximum absolute atomic E-state index is 12.9. The van der Waals surface area contributed by atoms with E-state index in [9.17, 15) is 14.4 Å². The van der Waals surface area contributed by atoms with Gasteiger partial charge < -0.3 is 19.5 Å². The summed E-state index contributed by atoms with van der Waals surface area (Å²) in [5.41, 5.74) is 0.880. The highest BCUT2D eigenvalue weighted by molar-refractivity contribution is 6.10. The molecule has 4 amide bonds. The number of carbonyl (C=O) groups excluding carboxylic acids is 3. The Bertz CT molecular complexity index is 1320. The summed E-state index contributed by atoms with van der Waals surface area (Å²) < 4.78 is 10.3. The maximum atomic E-state index is 12.9. The first-order valence-electron chi connectivity index (χ1n) is 9.45. The second-order valence-electron chi connectivity index (χ2n) is 7.33. The van der Waals surface area contributed by atoms with Gasteiger partial charge >= 0.3 is 6.03 Å². The summed E-state index contributed by atoms with van der Waals surface area (Å²) in [6.45, 7) is 0.201. The van der Waals surface area contributed by atoms with Crippen molar-refractivity contribution in [2.75, 3.05) is 13.7 Å². The summed E-state index contributed by atoms with van der Waals surface area (Å²) >= 11 is 0. The number of nitrogens with one attached hydrogen (secondary N) is 2. The molecule has 1 atom stereocenters. The molecule has 0 aliphatic carbocycles. The number of ether oxygens (including phenoxy) is 1. The molecular formula is C22H16N4O5. The van der Waals surface area contributed by atoms with Gasteiger partial charge in [0.2, 0.25) is 5.54 Å². The van der Waals surface area contributed by atoms with Gasteiger partial charge in [-0.1, -0.05) is 23.1 Å². The Hall–Kier alpha value is -4.32. The van der Waals surface area contributed by atoms with Crippen molar-refractivity contribution in [2.24, 2.45) is 0 Å². The molecule has 2 aliphatic rings. The molecule has 1 saturated heterocycles. The molecule has 154 valence electrons. The number of benzene rings is 2. The molecule has 0 saturated carbocycles. The molecule has 0 bridgehead atoms. The van der Waals surface area contributed by atoms with Crippen molar-refractivity contribution in [3.8, 4) is 17.6 Å². The Labute approximate surface area is 176 Å². The van der Waals surface area contributed by atoms with Gasteiger partial charge in [0.1, 0.15) is 5.75 Å². The molecule has 2 N–H and O–H groups in total. The number of methoxy groups -OCH3 is 1. The van der Waals surface area contributed by atoms with E-state index in [4.69, 9.17) is 9.26 Å². The van der Waals surface area contributed by atoms with Crippen LogP contribution in [0.2, 0.25) is 0 Å². The van der Waals surface area contributed by atoms with Gasteiger partial charge in [0.15, 0.2) is 5.58 Å². The molecule has 5 rings (SSSR count). The number of imide groups is 1. The molecule has 3 aromatic rings. The lowest BCUT2D eigenvalue weighted by Crippen LogP contribution is -2.54.